The Bertz CT molecular complexity index is 381. The Morgan fingerprint density at radius 2 is 2.06 bits per heavy atom. The number of hydrogen-bond acceptors (Lipinski definition) is 3. The third kappa shape index (κ3) is 2.87. The monoisotopic (exact) mass is 275 g/mol. The first-order valence-corrected chi connectivity index (χ1v) is 8.29. The molecular formula is C12H25N3O2S. The highest BCUT2D eigenvalue weighted by atomic mass is 32.2. The predicted molar refractivity (Wildman–Crippen MR) is 72.2 cm³/mol. The topological polar surface area (TPSA) is 66.6 Å². The van der Waals surface area contributed by atoms with Gasteiger partial charge in [-0.1, -0.05) is 0 Å². The van der Waals surface area contributed by atoms with Crippen LogP contribution in [0.15, 0.2) is 0 Å². The average Bonchev–Trinajstić information content (AvgIpc) is 3.21. The lowest BCUT2D eigenvalue weighted by Crippen LogP contribution is -2.50. The van der Waals surface area contributed by atoms with Gasteiger partial charge in [0.05, 0.1) is 0 Å². The number of nitrogens with zero attached hydrogens (tertiary/aromatic N) is 2. The summed E-state index contributed by atoms with van der Waals surface area (Å²) in [6.45, 7) is 3.81. The van der Waals surface area contributed by atoms with Gasteiger partial charge in [-0.25, -0.2) is 0 Å². The minimum Gasteiger partial charge on any atom is -0.330 e. The van der Waals surface area contributed by atoms with Gasteiger partial charge in [0.15, 0.2) is 0 Å². The van der Waals surface area contributed by atoms with Crippen molar-refractivity contribution >= 4 is 10.2 Å². The molecule has 2 N–H and O–H groups in total. The van der Waals surface area contributed by atoms with E-state index in [1.54, 1.807) is 15.7 Å². The highest BCUT2D eigenvalue weighted by Gasteiger charge is 2.39. The summed E-state index contributed by atoms with van der Waals surface area (Å²) >= 11 is 0. The molecule has 1 aliphatic heterocycles. The Morgan fingerprint density at radius 3 is 2.61 bits per heavy atom. The van der Waals surface area contributed by atoms with E-state index in [0.717, 1.165) is 25.7 Å². The van der Waals surface area contributed by atoms with Crippen LogP contribution in [0.4, 0.5) is 0 Å². The van der Waals surface area contributed by atoms with Crippen molar-refractivity contribution in [1.82, 2.24) is 8.61 Å². The van der Waals surface area contributed by atoms with Gasteiger partial charge in [0.25, 0.3) is 10.2 Å². The summed E-state index contributed by atoms with van der Waals surface area (Å²) < 4.78 is 28.2. The van der Waals surface area contributed by atoms with E-state index in [9.17, 15) is 8.42 Å². The van der Waals surface area contributed by atoms with Crippen molar-refractivity contribution in [2.75, 3.05) is 26.7 Å². The Hall–Kier alpha value is -0.170. The first-order valence-electron chi connectivity index (χ1n) is 6.90. The van der Waals surface area contributed by atoms with E-state index in [2.05, 4.69) is 0 Å². The quantitative estimate of drug-likeness (QED) is 0.800. The van der Waals surface area contributed by atoms with Gasteiger partial charge < -0.3 is 5.73 Å². The van der Waals surface area contributed by atoms with E-state index >= 15 is 0 Å². The van der Waals surface area contributed by atoms with Crippen LogP contribution in [0.2, 0.25) is 0 Å². The molecule has 18 heavy (non-hydrogen) atoms. The fourth-order valence-electron chi connectivity index (χ4n) is 2.70. The van der Waals surface area contributed by atoms with Crippen molar-refractivity contribution in [2.45, 2.75) is 38.6 Å². The summed E-state index contributed by atoms with van der Waals surface area (Å²) in [5.41, 5.74) is 5.67. The van der Waals surface area contributed by atoms with Crippen LogP contribution in [0.1, 0.15) is 32.6 Å². The molecule has 0 radical (unpaired) electrons. The standard InChI is InChI=1S/C12H25N3O2S/c1-10(12-5-6-12)14(2)18(16,17)15-7-3-4-11(8-13)9-15/h10-12H,3-9,13H2,1-2H3. The van der Waals surface area contributed by atoms with Crippen molar-refractivity contribution in [3.8, 4) is 0 Å². The molecule has 2 aliphatic rings. The molecule has 1 saturated carbocycles. The molecule has 2 atom stereocenters. The van der Waals surface area contributed by atoms with Gasteiger partial charge in [-0.05, 0) is 51.0 Å². The van der Waals surface area contributed by atoms with E-state index < -0.39 is 10.2 Å². The largest absolute Gasteiger partial charge is 0.330 e. The minimum absolute atomic E-state index is 0.119. The SMILES string of the molecule is CC(C1CC1)N(C)S(=O)(=O)N1CCCC(CN)C1. The fourth-order valence-corrected chi connectivity index (χ4v) is 4.41. The fraction of sp³-hybridized carbons (Fsp3) is 1.00. The van der Waals surface area contributed by atoms with Gasteiger partial charge in [-0.2, -0.15) is 17.0 Å². The number of nitrogens with two attached hydrogens (primary N) is 1. The molecule has 1 saturated heterocycles. The molecule has 2 unspecified atom stereocenters. The molecule has 0 spiro atoms. The predicted octanol–water partition coefficient (Wildman–Crippen LogP) is 0.632. The van der Waals surface area contributed by atoms with Crippen LogP contribution in [0.3, 0.4) is 0 Å². The molecule has 1 aliphatic carbocycles. The molecule has 0 bridgehead atoms. The second-order valence-electron chi connectivity index (χ2n) is 5.70. The molecule has 0 amide bonds. The van der Waals surface area contributed by atoms with Crippen LogP contribution in [0.25, 0.3) is 0 Å². The maximum atomic E-state index is 12.5. The summed E-state index contributed by atoms with van der Waals surface area (Å²) in [7, 11) is -1.59. The van der Waals surface area contributed by atoms with Crippen molar-refractivity contribution in [3.05, 3.63) is 0 Å². The molecule has 0 aromatic heterocycles. The molecule has 5 nitrogen and oxygen atoms in total. The van der Waals surface area contributed by atoms with Crippen molar-refractivity contribution in [2.24, 2.45) is 17.6 Å². The second kappa shape index (κ2) is 5.45. The van der Waals surface area contributed by atoms with Crippen LogP contribution < -0.4 is 5.73 Å². The van der Waals surface area contributed by atoms with Gasteiger partial charge in [-0.3, -0.25) is 0 Å². The van der Waals surface area contributed by atoms with E-state index in [1.807, 2.05) is 6.92 Å². The van der Waals surface area contributed by atoms with E-state index in [1.165, 1.54) is 0 Å². The molecular weight excluding hydrogens is 250 g/mol. The van der Waals surface area contributed by atoms with Crippen molar-refractivity contribution in [3.63, 3.8) is 0 Å². The highest BCUT2D eigenvalue weighted by Crippen LogP contribution is 2.36. The van der Waals surface area contributed by atoms with Crippen LogP contribution in [0.5, 0.6) is 0 Å². The van der Waals surface area contributed by atoms with Crippen LogP contribution in [-0.4, -0.2) is 49.8 Å². The van der Waals surface area contributed by atoms with Crippen LogP contribution in [0, 0.1) is 11.8 Å². The Balaban J connectivity index is 2.04. The molecule has 6 heteroatoms. The summed E-state index contributed by atoms with van der Waals surface area (Å²) in [6.07, 6.45) is 4.29. The lowest BCUT2D eigenvalue weighted by atomic mass is 10.0. The summed E-state index contributed by atoms with van der Waals surface area (Å²) in [5.74, 6) is 0.873. The molecule has 106 valence electrons. The maximum Gasteiger partial charge on any atom is 0.281 e. The first-order chi connectivity index (χ1) is 8.46. The molecule has 0 aromatic carbocycles. The third-order valence-electron chi connectivity index (χ3n) is 4.38. The molecule has 1 heterocycles. The molecule has 0 aromatic rings. The highest BCUT2D eigenvalue weighted by molar-refractivity contribution is 7.86. The van der Waals surface area contributed by atoms with Gasteiger partial charge in [0.2, 0.25) is 0 Å². The van der Waals surface area contributed by atoms with E-state index in [-0.39, 0.29) is 6.04 Å². The zero-order valence-corrected chi connectivity index (χ0v) is 12.2. The van der Waals surface area contributed by atoms with Gasteiger partial charge in [0.1, 0.15) is 0 Å². The van der Waals surface area contributed by atoms with Crippen LogP contribution >= 0.6 is 0 Å². The smallest absolute Gasteiger partial charge is 0.281 e. The summed E-state index contributed by atoms with van der Waals surface area (Å²) in [5, 5.41) is 0. The number of hydrogen-bond donors (Lipinski definition) is 1. The lowest BCUT2D eigenvalue weighted by molar-refractivity contribution is 0.243. The number of piperidine rings is 1. The van der Waals surface area contributed by atoms with Gasteiger partial charge in [-0.15, -0.1) is 0 Å². The Labute approximate surface area is 110 Å². The minimum atomic E-state index is -3.30. The molecule has 2 rings (SSSR count). The first kappa shape index (κ1) is 14.2. The van der Waals surface area contributed by atoms with Crippen molar-refractivity contribution in [1.29, 1.82) is 0 Å². The van der Waals surface area contributed by atoms with E-state index in [0.29, 0.717) is 31.5 Å². The summed E-state index contributed by atoms with van der Waals surface area (Å²) in [4.78, 5) is 0. The maximum absolute atomic E-state index is 12.5. The zero-order valence-electron chi connectivity index (χ0n) is 11.4. The normalized spacial score (nSPS) is 28.6. The van der Waals surface area contributed by atoms with Gasteiger partial charge in [0, 0.05) is 26.2 Å². The lowest BCUT2D eigenvalue weighted by Gasteiger charge is -2.36. The van der Waals surface area contributed by atoms with Crippen molar-refractivity contribution < 1.29 is 8.42 Å². The average molecular weight is 275 g/mol. The second-order valence-corrected chi connectivity index (χ2v) is 7.69. The van der Waals surface area contributed by atoms with Gasteiger partial charge >= 0.3 is 0 Å². The summed E-state index contributed by atoms with van der Waals surface area (Å²) in [6, 6.07) is 0.119. The zero-order chi connectivity index (χ0) is 13.3. The Kier molecular flexibility index (Phi) is 4.31. The van der Waals surface area contributed by atoms with Crippen LogP contribution in [-0.2, 0) is 10.2 Å². The molecule has 2 fully saturated rings. The number of rotatable bonds is 5. The Morgan fingerprint density at radius 1 is 1.39 bits per heavy atom. The third-order valence-corrected chi connectivity index (χ3v) is 6.43. The van der Waals surface area contributed by atoms with E-state index in [4.69, 9.17) is 5.73 Å².